The largest absolute Gasteiger partial charge is 0.462 e. The van der Waals surface area contributed by atoms with Crippen molar-refractivity contribution in [2.75, 3.05) is 18.5 Å². The Balaban J connectivity index is 1.56. The minimum absolute atomic E-state index is 0.183. The molecule has 0 saturated heterocycles. The number of benzene rings is 3. The van der Waals surface area contributed by atoms with Gasteiger partial charge in [-0.1, -0.05) is 56.3 Å². The summed E-state index contributed by atoms with van der Waals surface area (Å²) in [6, 6.07) is 20.6. The summed E-state index contributed by atoms with van der Waals surface area (Å²) >= 11 is 5.57. The van der Waals surface area contributed by atoms with Crippen LogP contribution < -0.4 is 10.6 Å². The lowest BCUT2D eigenvalue weighted by molar-refractivity contribution is -0.140. The minimum Gasteiger partial charge on any atom is -0.462 e. The Morgan fingerprint density at radius 2 is 1.75 bits per heavy atom. The van der Waals surface area contributed by atoms with Crippen molar-refractivity contribution in [3.05, 3.63) is 89.1 Å². The predicted octanol–water partition coefficient (Wildman–Crippen LogP) is 5.82. The van der Waals surface area contributed by atoms with Crippen LogP contribution in [-0.4, -0.2) is 35.0 Å². The van der Waals surface area contributed by atoms with Crippen LogP contribution in [0.3, 0.4) is 0 Å². The van der Waals surface area contributed by atoms with Crippen LogP contribution in [-0.2, 0) is 9.53 Å². The summed E-state index contributed by atoms with van der Waals surface area (Å²) in [5.74, 6) is -0.301. The van der Waals surface area contributed by atoms with Crippen molar-refractivity contribution in [1.82, 2.24) is 10.2 Å². The van der Waals surface area contributed by atoms with E-state index in [4.69, 9.17) is 17.0 Å². The van der Waals surface area contributed by atoms with Gasteiger partial charge in [0.25, 0.3) is 5.91 Å². The molecule has 3 aromatic rings. The molecule has 2 N–H and O–H groups in total. The molecule has 0 spiro atoms. The summed E-state index contributed by atoms with van der Waals surface area (Å²) in [4.78, 5) is 27.8. The van der Waals surface area contributed by atoms with Crippen molar-refractivity contribution in [3.8, 4) is 0 Å². The van der Waals surface area contributed by atoms with Crippen LogP contribution in [0, 0.1) is 5.92 Å². The van der Waals surface area contributed by atoms with Crippen LogP contribution in [0.25, 0.3) is 10.8 Å². The van der Waals surface area contributed by atoms with Gasteiger partial charge in [0.2, 0.25) is 0 Å². The number of nitrogens with zero attached hydrogens (tertiary/aromatic N) is 1. The second-order valence-electron chi connectivity index (χ2n) is 9.26. The van der Waals surface area contributed by atoms with E-state index >= 15 is 0 Å². The number of hydrogen-bond acceptors (Lipinski definition) is 4. The molecule has 0 aliphatic carbocycles. The normalized spacial score (nSPS) is 15.8. The molecule has 1 unspecified atom stereocenters. The Morgan fingerprint density at radius 1 is 1.06 bits per heavy atom. The standard InChI is InChI=1S/C29H31N3O3S/c1-5-32-19(4)25(28(34)35-17-18(2)3)26(31-29(32)36)21-12-14-24(15-13-21)30-27(33)23-11-10-20-8-6-7-9-22(20)16-23/h6-16,18,26H,5,17H2,1-4H3,(H,30,33)(H,31,36). The number of rotatable bonds is 7. The van der Waals surface area contributed by atoms with Gasteiger partial charge in [0.1, 0.15) is 0 Å². The number of hydrogen-bond donors (Lipinski definition) is 2. The summed E-state index contributed by atoms with van der Waals surface area (Å²) in [7, 11) is 0. The third-order valence-corrected chi connectivity index (χ3v) is 6.53. The Kier molecular flexibility index (Phi) is 7.70. The van der Waals surface area contributed by atoms with E-state index < -0.39 is 6.04 Å². The van der Waals surface area contributed by atoms with Gasteiger partial charge in [-0.2, -0.15) is 0 Å². The highest BCUT2D eigenvalue weighted by atomic mass is 32.1. The van der Waals surface area contributed by atoms with Crippen LogP contribution in [0.15, 0.2) is 78.0 Å². The summed E-state index contributed by atoms with van der Waals surface area (Å²) in [5.41, 5.74) is 3.43. The number of amides is 1. The van der Waals surface area contributed by atoms with Crippen molar-refractivity contribution in [2.24, 2.45) is 5.92 Å². The fraction of sp³-hybridized carbons (Fsp3) is 0.276. The fourth-order valence-corrected chi connectivity index (χ4v) is 4.67. The molecule has 1 aliphatic rings. The van der Waals surface area contributed by atoms with E-state index in [0.717, 1.165) is 22.0 Å². The Morgan fingerprint density at radius 3 is 2.42 bits per heavy atom. The number of esters is 1. The van der Waals surface area contributed by atoms with Crippen molar-refractivity contribution in [3.63, 3.8) is 0 Å². The van der Waals surface area contributed by atoms with E-state index in [-0.39, 0.29) is 17.8 Å². The number of nitrogens with one attached hydrogen (secondary N) is 2. The maximum absolute atomic E-state index is 13.1. The zero-order valence-electron chi connectivity index (χ0n) is 21.0. The van der Waals surface area contributed by atoms with Gasteiger partial charge in [-0.05, 0) is 72.6 Å². The van der Waals surface area contributed by atoms with Gasteiger partial charge < -0.3 is 20.3 Å². The van der Waals surface area contributed by atoms with Gasteiger partial charge in [-0.25, -0.2) is 4.79 Å². The second kappa shape index (κ2) is 10.9. The first-order valence-corrected chi connectivity index (χ1v) is 12.5. The van der Waals surface area contributed by atoms with E-state index in [1.54, 1.807) is 0 Å². The average molecular weight is 502 g/mol. The van der Waals surface area contributed by atoms with Crippen LogP contribution in [0.5, 0.6) is 0 Å². The number of carbonyl (C=O) groups excluding carboxylic acids is 2. The number of fused-ring (bicyclic) bond motifs is 1. The third-order valence-electron chi connectivity index (χ3n) is 6.19. The average Bonchev–Trinajstić information content (AvgIpc) is 2.87. The summed E-state index contributed by atoms with van der Waals surface area (Å²) < 4.78 is 5.59. The number of thiocarbonyl (C=S) groups is 1. The molecule has 6 nitrogen and oxygen atoms in total. The highest BCUT2D eigenvalue weighted by molar-refractivity contribution is 7.80. The molecular weight excluding hydrogens is 470 g/mol. The number of ether oxygens (including phenoxy) is 1. The Hall–Kier alpha value is -3.71. The number of allylic oxidation sites excluding steroid dienone is 1. The minimum atomic E-state index is -0.440. The summed E-state index contributed by atoms with van der Waals surface area (Å²) in [6.07, 6.45) is 0. The van der Waals surface area contributed by atoms with Crippen molar-refractivity contribution >= 4 is 45.7 Å². The van der Waals surface area contributed by atoms with E-state index in [2.05, 4.69) is 10.6 Å². The fourth-order valence-electron chi connectivity index (χ4n) is 4.29. The number of carbonyl (C=O) groups is 2. The van der Waals surface area contributed by atoms with Gasteiger partial charge in [0.15, 0.2) is 5.11 Å². The SMILES string of the molecule is CCN1C(=S)NC(c2ccc(NC(=O)c3ccc4ccccc4c3)cc2)C(C(=O)OCC(C)C)=C1C. The monoisotopic (exact) mass is 501 g/mol. The van der Waals surface area contributed by atoms with Gasteiger partial charge in [-0.15, -0.1) is 0 Å². The van der Waals surface area contributed by atoms with Crippen LogP contribution in [0.1, 0.15) is 49.7 Å². The lowest BCUT2D eigenvalue weighted by Crippen LogP contribution is -2.47. The maximum atomic E-state index is 13.1. The van der Waals surface area contributed by atoms with E-state index in [9.17, 15) is 9.59 Å². The molecule has 186 valence electrons. The molecule has 1 amide bonds. The predicted molar refractivity (Wildman–Crippen MR) is 148 cm³/mol. The summed E-state index contributed by atoms with van der Waals surface area (Å²) in [5, 5.41) is 8.92. The first kappa shape index (κ1) is 25.4. The van der Waals surface area contributed by atoms with E-state index in [1.807, 2.05) is 99.3 Å². The Labute approximate surface area is 217 Å². The molecule has 1 heterocycles. The molecule has 36 heavy (non-hydrogen) atoms. The van der Waals surface area contributed by atoms with Gasteiger partial charge in [-0.3, -0.25) is 4.79 Å². The van der Waals surface area contributed by atoms with Crippen molar-refractivity contribution in [1.29, 1.82) is 0 Å². The molecule has 4 rings (SSSR count). The molecule has 0 fully saturated rings. The molecule has 0 radical (unpaired) electrons. The third kappa shape index (κ3) is 5.41. The molecule has 1 atom stereocenters. The zero-order valence-corrected chi connectivity index (χ0v) is 21.8. The zero-order chi connectivity index (χ0) is 25.8. The molecule has 0 bridgehead atoms. The second-order valence-corrected chi connectivity index (χ2v) is 9.64. The molecule has 1 aliphatic heterocycles. The van der Waals surface area contributed by atoms with Crippen LogP contribution in [0.4, 0.5) is 5.69 Å². The smallest absolute Gasteiger partial charge is 0.338 e. The molecular formula is C29H31N3O3S. The summed E-state index contributed by atoms with van der Waals surface area (Å²) in [6.45, 7) is 8.88. The lowest BCUT2D eigenvalue weighted by atomic mass is 9.94. The highest BCUT2D eigenvalue weighted by Gasteiger charge is 2.34. The van der Waals surface area contributed by atoms with Gasteiger partial charge >= 0.3 is 5.97 Å². The first-order valence-electron chi connectivity index (χ1n) is 12.1. The van der Waals surface area contributed by atoms with Crippen LogP contribution >= 0.6 is 12.2 Å². The van der Waals surface area contributed by atoms with E-state index in [0.29, 0.717) is 35.1 Å². The first-order chi connectivity index (χ1) is 17.3. The van der Waals surface area contributed by atoms with E-state index in [1.165, 1.54) is 0 Å². The topological polar surface area (TPSA) is 70.7 Å². The highest BCUT2D eigenvalue weighted by Crippen LogP contribution is 2.32. The Bertz CT molecular complexity index is 1330. The van der Waals surface area contributed by atoms with Crippen molar-refractivity contribution in [2.45, 2.75) is 33.7 Å². The van der Waals surface area contributed by atoms with Crippen molar-refractivity contribution < 1.29 is 14.3 Å². The molecule has 0 saturated carbocycles. The lowest BCUT2D eigenvalue weighted by Gasteiger charge is -2.37. The van der Waals surface area contributed by atoms with Gasteiger partial charge in [0.05, 0.1) is 18.2 Å². The van der Waals surface area contributed by atoms with Gasteiger partial charge in [0, 0.05) is 23.5 Å². The van der Waals surface area contributed by atoms with Crippen LogP contribution in [0.2, 0.25) is 0 Å². The molecule has 0 aromatic heterocycles. The number of anilines is 1. The maximum Gasteiger partial charge on any atom is 0.338 e. The quantitative estimate of drug-likeness (QED) is 0.314. The molecule has 7 heteroatoms. The molecule has 3 aromatic carbocycles.